The smallest absolute Gasteiger partial charge is 0.123 e. The van der Waals surface area contributed by atoms with Crippen LogP contribution in [0, 0.1) is 0 Å². The second-order valence-corrected chi connectivity index (χ2v) is 5.47. The molecule has 1 unspecified atom stereocenters. The van der Waals surface area contributed by atoms with Crippen LogP contribution in [0.2, 0.25) is 0 Å². The molecule has 0 fully saturated rings. The average molecular weight is 234 g/mol. The normalized spacial score (nSPS) is 20.0. The lowest BCUT2D eigenvalue weighted by Gasteiger charge is -2.25. The molecule has 94 valence electrons. The lowest BCUT2D eigenvalue weighted by atomic mass is 9.80. The highest BCUT2D eigenvalue weighted by atomic mass is 16.5. The second kappa shape index (κ2) is 4.69. The van der Waals surface area contributed by atoms with Crippen molar-refractivity contribution in [1.82, 2.24) is 0 Å². The van der Waals surface area contributed by atoms with Crippen molar-refractivity contribution in [3.63, 3.8) is 0 Å². The van der Waals surface area contributed by atoms with Crippen molar-refractivity contribution in [3.8, 4) is 5.75 Å². The number of fused-ring (bicyclic) bond motifs is 1. The van der Waals surface area contributed by atoms with E-state index < -0.39 is 0 Å². The van der Waals surface area contributed by atoms with E-state index in [-0.39, 0.29) is 11.5 Å². The summed E-state index contributed by atoms with van der Waals surface area (Å²) in [7, 11) is 1.75. The van der Waals surface area contributed by atoms with E-state index in [1.165, 1.54) is 17.5 Å². The van der Waals surface area contributed by atoms with Crippen LogP contribution in [-0.2, 0) is 10.2 Å². The van der Waals surface area contributed by atoms with Gasteiger partial charge in [0.15, 0.2) is 0 Å². The highest BCUT2D eigenvalue weighted by Crippen LogP contribution is 2.39. The molecule has 1 atom stereocenters. The van der Waals surface area contributed by atoms with Crippen LogP contribution in [0.3, 0.4) is 0 Å². The molecule has 0 N–H and O–H groups in total. The Morgan fingerprint density at radius 1 is 1.35 bits per heavy atom. The fraction of sp³-hybridized carbons (Fsp3) is 0.600. The highest BCUT2D eigenvalue weighted by molar-refractivity contribution is 5.43. The molecule has 1 aliphatic rings. The molecule has 0 aromatic heterocycles. The van der Waals surface area contributed by atoms with Gasteiger partial charge in [-0.25, -0.2) is 0 Å². The van der Waals surface area contributed by atoms with Crippen LogP contribution >= 0.6 is 0 Å². The molecule has 2 nitrogen and oxygen atoms in total. The molecule has 0 aliphatic carbocycles. The van der Waals surface area contributed by atoms with Gasteiger partial charge in [0, 0.05) is 12.7 Å². The quantitative estimate of drug-likeness (QED) is 0.774. The monoisotopic (exact) mass is 234 g/mol. The lowest BCUT2D eigenvalue weighted by molar-refractivity contribution is 0.119. The van der Waals surface area contributed by atoms with E-state index in [9.17, 15) is 0 Å². The third-order valence-electron chi connectivity index (χ3n) is 3.76. The van der Waals surface area contributed by atoms with Crippen LogP contribution in [0.5, 0.6) is 5.75 Å². The molecule has 2 rings (SSSR count). The van der Waals surface area contributed by atoms with Crippen molar-refractivity contribution in [1.29, 1.82) is 0 Å². The standard InChI is InChI=1S/C15H22O2/c1-11(16-4)12-6-7-14-13(10-12)15(2,3)8-5-9-17-14/h6-7,10-11H,5,8-9H2,1-4H3. The van der Waals surface area contributed by atoms with Crippen LogP contribution in [0.1, 0.15) is 50.8 Å². The molecule has 0 bridgehead atoms. The van der Waals surface area contributed by atoms with Crippen molar-refractivity contribution in [2.45, 2.75) is 45.1 Å². The first-order valence-corrected chi connectivity index (χ1v) is 6.34. The van der Waals surface area contributed by atoms with Crippen molar-refractivity contribution < 1.29 is 9.47 Å². The Bertz CT molecular complexity index is 396. The maximum atomic E-state index is 5.81. The summed E-state index contributed by atoms with van der Waals surface area (Å²) < 4.78 is 11.2. The highest BCUT2D eigenvalue weighted by Gasteiger charge is 2.27. The number of methoxy groups -OCH3 is 1. The first kappa shape index (κ1) is 12.4. The van der Waals surface area contributed by atoms with Crippen LogP contribution in [-0.4, -0.2) is 13.7 Å². The van der Waals surface area contributed by atoms with E-state index in [4.69, 9.17) is 9.47 Å². The lowest BCUT2D eigenvalue weighted by Crippen LogP contribution is -2.16. The van der Waals surface area contributed by atoms with E-state index in [1.54, 1.807) is 7.11 Å². The molecule has 0 saturated heterocycles. The predicted octanol–water partition coefficient (Wildman–Crippen LogP) is 3.84. The van der Waals surface area contributed by atoms with Crippen LogP contribution in [0.25, 0.3) is 0 Å². The fourth-order valence-corrected chi connectivity index (χ4v) is 2.42. The Hall–Kier alpha value is -1.02. The van der Waals surface area contributed by atoms with Gasteiger partial charge in [-0.3, -0.25) is 0 Å². The molecular formula is C15H22O2. The maximum Gasteiger partial charge on any atom is 0.123 e. The maximum absolute atomic E-state index is 5.81. The van der Waals surface area contributed by atoms with Crippen molar-refractivity contribution in [3.05, 3.63) is 29.3 Å². The summed E-state index contributed by atoms with van der Waals surface area (Å²) in [5.41, 5.74) is 2.73. The second-order valence-electron chi connectivity index (χ2n) is 5.47. The van der Waals surface area contributed by atoms with Gasteiger partial charge in [0.25, 0.3) is 0 Å². The number of ether oxygens (including phenoxy) is 2. The molecule has 0 spiro atoms. The third kappa shape index (κ3) is 2.47. The van der Waals surface area contributed by atoms with E-state index in [0.717, 1.165) is 18.8 Å². The Balaban J connectivity index is 2.44. The summed E-state index contributed by atoms with van der Waals surface area (Å²) in [6.07, 6.45) is 2.43. The van der Waals surface area contributed by atoms with Crippen molar-refractivity contribution in [2.24, 2.45) is 0 Å². The van der Waals surface area contributed by atoms with Crippen LogP contribution in [0.15, 0.2) is 18.2 Å². The van der Waals surface area contributed by atoms with E-state index in [2.05, 4.69) is 39.0 Å². The van der Waals surface area contributed by atoms with Gasteiger partial charge in [0.05, 0.1) is 12.7 Å². The summed E-state index contributed by atoms with van der Waals surface area (Å²) in [5.74, 6) is 1.04. The molecule has 1 aliphatic heterocycles. The number of hydrogen-bond donors (Lipinski definition) is 0. The summed E-state index contributed by atoms with van der Waals surface area (Å²) >= 11 is 0. The van der Waals surface area contributed by atoms with Crippen molar-refractivity contribution >= 4 is 0 Å². The zero-order valence-corrected chi connectivity index (χ0v) is 11.2. The first-order chi connectivity index (χ1) is 8.04. The van der Waals surface area contributed by atoms with Crippen LogP contribution in [0.4, 0.5) is 0 Å². The van der Waals surface area contributed by atoms with E-state index >= 15 is 0 Å². The summed E-state index contributed by atoms with van der Waals surface area (Å²) in [4.78, 5) is 0. The van der Waals surface area contributed by atoms with Gasteiger partial charge in [-0.1, -0.05) is 19.9 Å². The Morgan fingerprint density at radius 3 is 2.82 bits per heavy atom. The zero-order valence-electron chi connectivity index (χ0n) is 11.2. The number of benzene rings is 1. The molecule has 17 heavy (non-hydrogen) atoms. The molecule has 2 heteroatoms. The largest absolute Gasteiger partial charge is 0.493 e. The van der Waals surface area contributed by atoms with Gasteiger partial charge < -0.3 is 9.47 Å². The zero-order chi connectivity index (χ0) is 12.5. The van der Waals surface area contributed by atoms with Crippen LogP contribution < -0.4 is 4.74 Å². The predicted molar refractivity (Wildman–Crippen MR) is 69.6 cm³/mol. The van der Waals surface area contributed by atoms with E-state index in [1.807, 2.05) is 0 Å². The fourth-order valence-electron chi connectivity index (χ4n) is 2.42. The SMILES string of the molecule is COC(C)c1ccc2c(c1)C(C)(C)CCCO2. The van der Waals surface area contributed by atoms with Gasteiger partial charge >= 0.3 is 0 Å². The molecule has 1 aromatic rings. The summed E-state index contributed by atoms with van der Waals surface area (Å²) in [6, 6.07) is 6.44. The Kier molecular flexibility index (Phi) is 3.43. The van der Waals surface area contributed by atoms with Gasteiger partial charge in [0.1, 0.15) is 5.75 Å². The van der Waals surface area contributed by atoms with Gasteiger partial charge in [0.2, 0.25) is 0 Å². The molecule has 0 amide bonds. The number of hydrogen-bond acceptors (Lipinski definition) is 2. The minimum absolute atomic E-state index is 0.138. The van der Waals surface area contributed by atoms with Gasteiger partial charge in [-0.05, 0) is 42.9 Å². The molecule has 0 saturated carbocycles. The third-order valence-corrected chi connectivity index (χ3v) is 3.76. The van der Waals surface area contributed by atoms with Crippen molar-refractivity contribution in [2.75, 3.05) is 13.7 Å². The molecule has 1 heterocycles. The topological polar surface area (TPSA) is 18.5 Å². The minimum Gasteiger partial charge on any atom is -0.493 e. The average Bonchev–Trinajstić information content (AvgIpc) is 2.47. The Labute approximate surface area is 104 Å². The summed E-state index contributed by atoms with van der Waals surface area (Å²) in [6.45, 7) is 7.49. The first-order valence-electron chi connectivity index (χ1n) is 6.34. The molecule has 1 aromatic carbocycles. The van der Waals surface area contributed by atoms with Gasteiger partial charge in [-0.15, -0.1) is 0 Å². The summed E-state index contributed by atoms with van der Waals surface area (Å²) in [5, 5.41) is 0. The van der Waals surface area contributed by atoms with E-state index in [0.29, 0.717) is 0 Å². The Morgan fingerprint density at radius 2 is 2.12 bits per heavy atom. The minimum atomic E-state index is 0.138. The molecular weight excluding hydrogens is 212 g/mol. The number of rotatable bonds is 2. The molecule has 0 radical (unpaired) electrons. The van der Waals surface area contributed by atoms with Gasteiger partial charge in [-0.2, -0.15) is 0 Å².